The maximum absolute atomic E-state index is 12.9. The van der Waals surface area contributed by atoms with Crippen molar-refractivity contribution in [1.82, 2.24) is 0 Å². The third-order valence-electron chi connectivity index (χ3n) is 5.52. The fourth-order valence-electron chi connectivity index (χ4n) is 3.88. The summed E-state index contributed by atoms with van der Waals surface area (Å²) in [7, 11) is 0. The molecule has 0 heterocycles. The van der Waals surface area contributed by atoms with E-state index in [0.29, 0.717) is 22.9 Å². The van der Waals surface area contributed by atoms with Crippen LogP contribution in [-0.2, 0) is 0 Å². The summed E-state index contributed by atoms with van der Waals surface area (Å²) in [5.41, 5.74) is 4.85. The van der Waals surface area contributed by atoms with Crippen molar-refractivity contribution in [2.24, 2.45) is 5.92 Å². The van der Waals surface area contributed by atoms with Crippen LogP contribution in [0.5, 0.6) is 0 Å². The number of hydrogen-bond donors (Lipinski definition) is 3. The van der Waals surface area contributed by atoms with E-state index < -0.39 is 5.97 Å². The first-order chi connectivity index (χ1) is 16.2. The van der Waals surface area contributed by atoms with Crippen LogP contribution in [0.4, 0.5) is 21.9 Å². The molecular weight excluding hydrogens is 426 g/mol. The van der Waals surface area contributed by atoms with Gasteiger partial charge in [-0.15, -0.1) is 0 Å². The zero-order valence-electron chi connectivity index (χ0n) is 20.4. The second-order valence-corrected chi connectivity index (χ2v) is 9.17. The molecule has 0 fully saturated rings. The summed E-state index contributed by atoms with van der Waals surface area (Å²) in [6.45, 7) is 11.4. The molecule has 6 nitrogen and oxygen atoms in total. The van der Waals surface area contributed by atoms with Crippen molar-refractivity contribution < 1.29 is 14.7 Å². The van der Waals surface area contributed by atoms with Crippen molar-refractivity contribution in [3.8, 4) is 11.1 Å². The number of amides is 2. The number of carboxylic acids is 1. The number of benzene rings is 3. The largest absolute Gasteiger partial charge is 0.478 e. The number of anilines is 3. The Morgan fingerprint density at radius 3 is 2.21 bits per heavy atom. The van der Waals surface area contributed by atoms with E-state index in [1.807, 2.05) is 55.5 Å². The first-order valence-electron chi connectivity index (χ1n) is 11.5. The summed E-state index contributed by atoms with van der Waals surface area (Å²) >= 11 is 0. The highest BCUT2D eigenvalue weighted by molar-refractivity contribution is 6.03. The number of aryl methyl sites for hydroxylation is 1. The molecule has 0 aromatic heterocycles. The maximum atomic E-state index is 12.9. The molecule has 3 rings (SSSR count). The number of carbonyl (C=O) groups is 2. The lowest BCUT2D eigenvalue weighted by Crippen LogP contribution is -2.35. The van der Waals surface area contributed by atoms with E-state index in [1.54, 1.807) is 18.2 Å². The standard InChI is InChI=1S/C28H33N3O3/c1-18(2)17-31(19(3)4)26-15-12-21(23-8-6-7-9-24(23)27(32)33)16-25(26)30-28(34)29-22-13-10-20(5)11-14-22/h6-16,18-19H,17H2,1-5H3,(H,32,33)(H2,29,30,34). The molecular formula is C28H33N3O3. The molecule has 3 N–H and O–H groups in total. The van der Waals surface area contributed by atoms with Gasteiger partial charge in [-0.2, -0.15) is 0 Å². The average molecular weight is 460 g/mol. The highest BCUT2D eigenvalue weighted by atomic mass is 16.4. The Balaban J connectivity index is 2.03. The topological polar surface area (TPSA) is 81.7 Å². The summed E-state index contributed by atoms with van der Waals surface area (Å²) in [4.78, 5) is 27.0. The zero-order valence-corrected chi connectivity index (χ0v) is 20.4. The van der Waals surface area contributed by atoms with Crippen LogP contribution in [0.25, 0.3) is 11.1 Å². The first kappa shape index (κ1) is 24.8. The Bertz CT molecular complexity index is 1150. The Kier molecular flexibility index (Phi) is 7.95. The predicted octanol–water partition coefficient (Wildman–Crippen LogP) is 6.88. The van der Waals surface area contributed by atoms with Gasteiger partial charge in [0.25, 0.3) is 0 Å². The monoisotopic (exact) mass is 459 g/mol. The lowest BCUT2D eigenvalue weighted by molar-refractivity contribution is 0.0697. The van der Waals surface area contributed by atoms with E-state index in [9.17, 15) is 14.7 Å². The summed E-state index contributed by atoms with van der Waals surface area (Å²) in [6.07, 6.45) is 0. The van der Waals surface area contributed by atoms with Crippen LogP contribution in [0.1, 0.15) is 43.6 Å². The van der Waals surface area contributed by atoms with Crippen LogP contribution in [0.15, 0.2) is 66.7 Å². The normalized spacial score (nSPS) is 10.9. The Morgan fingerprint density at radius 1 is 0.912 bits per heavy atom. The van der Waals surface area contributed by atoms with E-state index in [-0.39, 0.29) is 17.6 Å². The molecule has 6 heteroatoms. The van der Waals surface area contributed by atoms with Gasteiger partial charge in [0, 0.05) is 18.3 Å². The third kappa shape index (κ3) is 6.16. The van der Waals surface area contributed by atoms with Crippen molar-refractivity contribution in [2.45, 2.75) is 40.7 Å². The van der Waals surface area contributed by atoms with Gasteiger partial charge in [0.2, 0.25) is 0 Å². The van der Waals surface area contributed by atoms with Crippen LogP contribution in [0, 0.1) is 12.8 Å². The van der Waals surface area contributed by atoms with Gasteiger partial charge in [-0.25, -0.2) is 9.59 Å². The fraction of sp³-hybridized carbons (Fsp3) is 0.286. The highest BCUT2D eigenvalue weighted by Gasteiger charge is 2.19. The van der Waals surface area contributed by atoms with Crippen LogP contribution in [0.2, 0.25) is 0 Å². The van der Waals surface area contributed by atoms with Gasteiger partial charge >= 0.3 is 12.0 Å². The number of carboxylic acid groups (broad SMARTS) is 1. The number of nitrogens with zero attached hydrogens (tertiary/aromatic N) is 1. The Morgan fingerprint density at radius 2 is 1.59 bits per heavy atom. The van der Waals surface area contributed by atoms with Gasteiger partial charge in [0.05, 0.1) is 16.9 Å². The molecule has 2 amide bonds. The predicted molar refractivity (Wildman–Crippen MR) is 140 cm³/mol. The van der Waals surface area contributed by atoms with Gasteiger partial charge in [-0.3, -0.25) is 0 Å². The van der Waals surface area contributed by atoms with E-state index in [1.165, 1.54) is 0 Å². The number of aromatic carboxylic acids is 1. The third-order valence-corrected chi connectivity index (χ3v) is 5.52. The summed E-state index contributed by atoms with van der Waals surface area (Å²) in [6, 6.07) is 20.0. The van der Waals surface area contributed by atoms with Crippen LogP contribution >= 0.6 is 0 Å². The van der Waals surface area contributed by atoms with Gasteiger partial charge in [0.1, 0.15) is 0 Å². The lowest BCUT2D eigenvalue weighted by atomic mass is 9.98. The van der Waals surface area contributed by atoms with Crippen LogP contribution in [-0.4, -0.2) is 29.7 Å². The van der Waals surface area contributed by atoms with E-state index in [0.717, 1.165) is 23.4 Å². The lowest BCUT2D eigenvalue weighted by Gasteiger charge is -2.32. The smallest absolute Gasteiger partial charge is 0.336 e. The Labute approximate surface area is 201 Å². The number of rotatable bonds is 8. The summed E-state index contributed by atoms with van der Waals surface area (Å²) in [5, 5.41) is 15.5. The second kappa shape index (κ2) is 10.9. The average Bonchev–Trinajstić information content (AvgIpc) is 2.79. The minimum absolute atomic E-state index is 0.209. The molecule has 0 radical (unpaired) electrons. The van der Waals surface area contributed by atoms with Crippen molar-refractivity contribution in [1.29, 1.82) is 0 Å². The molecule has 0 aliphatic carbocycles. The highest BCUT2D eigenvalue weighted by Crippen LogP contribution is 2.34. The van der Waals surface area contributed by atoms with Crippen molar-refractivity contribution in [3.05, 3.63) is 77.9 Å². The molecule has 34 heavy (non-hydrogen) atoms. The van der Waals surface area contributed by atoms with Gasteiger partial charge in [-0.1, -0.05) is 55.8 Å². The maximum Gasteiger partial charge on any atom is 0.336 e. The molecule has 3 aromatic rings. The number of hydrogen-bond acceptors (Lipinski definition) is 3. The quantitative estimate of drug-likeness (QED) is 0.343. The molecule has 0 bridgehead atoms. The van der Waals surface area contributed by atoms with Crippen LogP contribution in [0.3, 0.4) is 0 Å². The molecule has 178 valence electrons. The number of nitrogens with one attached hydrogen (secondary N) is 2. The molecule has 3 aromatic carbocycles. The summed E-state index contributed by atoms with van der Waals surface area (Å²) < 4.78 is 0. The Hall–Kier alpha value is -3.80. The number of urea groups is 1. The van der Waals surface area contributed by atoms with Gasteiger partial charge < -0.3 is 20.6 Å². The minimum Gasteiger partial charge on any atom is -0.478 e. The molecule has 0 aliphatic heterocycles. The van der Waals surface area contributed by atoms with E-state index >= 15 is 0 Å². The molecule has 0 atom stereocenters. The second-order valence-electron chi connectivity index (χ2n) is 9.17. The van der Waals surface area contributed by atoms with E-state index in [4.69, 9.17) is 0 Å². The zero-order chi connectivity index (χ0) is 24.8. The minimum atomic E-state index is -0.991. The number of carbonyl (C=O) groups excluding carboxylic acids is 1. The van der Waals surface area contributed by atoms with E-state index in [2.05, 4.69) is 43.2 Å². The fourth-order valence-corrected chi connectivity index (χ4v) is 3.88. The van der Waals surface area contributed by atoms with Crippen molar-refractivity contribution in [2.75, 3.05) is 22.1 Å². The van der Waals surface area contributed by atoms with Crippen LogP contribution < -0.4 is 15.5 Å². The molecule has 0 aliphatic rings. The molecule has 0 spiro atoms. The molecule has 0 saturated heterocycles. The van der Waals surface area contributed by atoms with Gasteiger partial charge in [-0.05, 0) is 68.1 Å². The summed E-state index contributed by atoms with van der Waals surface area (Å²) in [5.74, 6) is -0.570. The SMILES string of the molecule is Cc1ccc(NC(=O)Nc2cc(-c3ccccc3C(=O)O)ccc2N(CC(C)C)C(C)C)cc1. The molecule has 0 unspecified atom stereocenters. The molecule has 0 saturated carbocycles. The van der Waals surface area contributed by atoms with Gasteiger partial charge in [0.15, 0.2) is 0 Å². The van der Waals surface area contributed by atoms with Crippen molar-refractivity contribution in [3.63, 3.8) is 0 Å². The first-order valence-corrected chi connectivity index (χ1v) is 11.5. The van der Waals surface area contributed by atoms with Crippen molar-refractivity contribution >= 4 is 29.1 Å².